The molecular formula is C18H17N3O4. The number of rotatable bonds is 2. The fraction of sp³-hybridized carbons (Fsp3) is 0.333. The topological polar surface area (TPSA) is 90.4 Å². The highest BCUT2D eigenvalue weighted by molar-refractivity contribution is 6.04. The van der Waals surface area contributed by atoms with Crippen LogP contribution in [0.1, 0.15) is 45.4 Å². The normalized spacial score (nSPS) is 18.0. The first-order valence-corrected chi connectivity index (χ1v) is 8.13. The first-order valence-electron chi connectivity index (χ1n) is 8.13. The van der Waals surface area contributed by atoms with Crippen LogP contribution < -0.4 is 14.8 Å². The summed E-state index contributed by atoms with van der Waals surface area (Å²) in [5.41, 5.74) is 2.33. The van der Waals surface area contributed by atoms with E-state index in [2.05, 4.69) is 15.3 Å². The predicted molar refractivity (Wildman–Crippen MR) is 89.1 cm³/mol. The average Bonchev–Trinajstić information content (AvgIpc) is 3.01. The second-order valence-corrected chi connectivity index (χ2v) is 6.41. The number of amides is 1. The first-order chi connectivity index (χ1) is 12.0. The molecule has 0 saturated carbocycles. The van der Waals surface area contributed by atoms with Crippen LogP contribution >= 0.6 is 0 Å². The molecule has 25 heavy (non-hydrogen) atoms. The predicted octanol–water partition coefficient (Wildman–Crippen LogP) is 2.53. The van der Waals surface area contributed by atoms with Gasteiger partial charge in [-0.25, -0.2) is 9.97 Å². The zero-order valence-electron chi connectivity index (χ0n) is 14.0. The van der Waals surface area contributed by atoms with Crippen molar-refractivity contribution in [3.8, 4) is 11.5 Å². The number of hydrogen-bond donors (Lipinski definition) is 1. The molecule has 0 radical (unpaired) electrons. The molecule has 0 unspecified atom stereocenters. The SMILES string of the molecule is Cc1nc(NC(=O)c2ccc3c(c2)OCO3)nc2c1C(=O)C[C@H](C)C2. The van der Waals surface area contributed by atoms with Crippen molar-refractivity contribution in [3.63, 3.8) is 0 Å². The second kappa shape index (κ2) is 5.84. The third-order valence-electron chi connectivity index (χ3n) is 4.38. The molecule has 1 atom stereocenters. The minimum atomic E-state index is -0.340. The molecule has 128 valence electrons. The van der Waals surface area contributed by atoms with E-state index < -0.39 is 0 Å². The number of carbonyl (C=O) groups excluding carboxylic acids is 2. The smallest absolute Gasteiger partial charge is 0.258 e. The van der Waals surface area contributed by atoms with Gasteiger partial charge in [-0.3, -0.25) is 14.9 Å². The molecule has 2 aromatic rings. The summed E-state index contributed by atoms with van der Waals surface area (Å²) in [7, 11) is 0. The van der Waals surface area contributed by atoms with Crippen molar-refractivity contribution >= 4 is 17.6 Å². The highest BCUT2D eigenvalue weighted by atomic mass is 16.7. The number of Topliss-reactive ketones (excluding diaryl/α,β-unsaturated/α-hetero) is 1. The molecule has 0 saturated heterocycles. The van der Waals surface area contributed by atoms with Gasteiger partial charge in [-0.05, 0) is 37.5 Å². The van der Waals surface area contributed by atoms with E-state index in [0.717, 1.165) is 0 Å². The van der Waals surface area contributed by atoms with E-state index in [9.17, 15) is 9.59 Å². The van der Waals surface area contributed by atoms with Gasteiger partial charge < -0.3 is 9.47 Å². The lowest BCUT2D eigenvalue weighted by Crippen LogP contribution is -2.23. The average molecular weight is 339 g/mol. The van der Waals surface area contributed by atoms with Crippen LogP contribution in [0, 0.1) is 12.8 Å². The highest BCUT2D eigenvalue weighted by Crippen LogP contribution is 2.32. The Hall–Kier alpha value is -2.96. The monoisotopic (exact) mass is 339 g/mol. The third kappa shape index (κ3) is 2.82. The van der Waals surface area contributed by atoms with Crippen LogP contribution in [0.15, 0.2) is 18.2 Å². The second-order valence-electron chi connectivity index (χ2n) is 6.41. The number of ether oxygens (including phenoxy) is 2. The van der Waals surface area contributed by atoms with Gasteiger partial charge in [0.05, 0.1) is 17.0 Å². The maximum Gasteiger partial charge on any atom is 0.258 e. The number of carbonyl (C=O) groups is 2. The first kappa shape index (κ1) is 15.6. The molecule has 0 spiro atoms. The highest BCUT2D eigenvalue weighted by Gasteiger charge is 2.27. The van der Waals surface area contributed by atoms with Gasteiger partial charge in [0.2, 0.25) is 12.7 Å². The van der Waals surface area contributed by atoms with E-state index in [0.29, 0.717) is 46.9 Å². The minimum Gasteiger partial charge on any atom is -0.454 e. The number of nitrogens with zero attached hydrogens (tertiary/aromatic N) is 2. The molecule has 2 heterocycles. The molecule has 4 rings (SSSR count). The third-order valence-corrected chi connectivity index (χ3v) is 4.38. The Morgan fingerprint density at radius 2 is 2.00 bits per heavy atom. The van der Waals surface area contributed by atoms with Crippen molar-refractivity contribution < 1.29 is 19.1 Å². The molecule has 1 aromatic heterocycles. The molecule has 0 bridgehead atoms. The van der Waals surface area contributed by atoms with Crippen molar-refractivity contribution in [1.82, 2.24) is 9.97 Å². The van der Waals surface area contributed by atoms with Gasteiger partial charge in [-0.1, -0.05) is 6.92 Å². The largest absolute Gasteiger partial charge is 0.454 e. The quantitative estimate of drug-likeness (QED) is 0.904. The van der Waals surface area contributed by atoms with E-state index in [1.165, 1.54) is 0 Å². The minimum absolute atomic E-state index is 0.0693. The summed E-state index contributed by atoms with van der Waals surface area (Å²) < 4.78 is 10.5. The number of aromatic nitrogens is 2. The summed E-state index contributed by atoms with van der Waals surface area (Å²) in [5.74, 6) is 1.33. The Morgan fingerprint density at radius 1 is 1.20 bits per heavy atom. The lowest BCUT2D eigenvalue weighted by Gasteiger charge is -2.21. The zero-order valence-corrected chi connectivity index (χ0v) is 14.0. The van der Waals surface area contributed by atoms with Gasteiger partial charge in [-0.2, -0.15) is 0 Å². The van der Waals surface area contributed by atoms with Crippen LogP contribution in [0.3, 0.4) is 0 Å². The Balaban J connectivity index is 1.61. The van der Waals surface area contributed by atoms with Crippen molar-refractivity contribution in [2.45, 2.75) is 26.7 Å². The number of nitrogens with one attached hydrogen (secondary N) is 1. The van der Waals surface area contributed by atoms with Crippen LogP contribution in [0.5, 0.6) is 11.5 Å². The molecule has 1 aliphatic heterocycles. The summed E-state index contributed by atoms with van der Waals surface area (Å²) in [6.07, 6.45) is 1.22. The molecule has 1 aliphatic carbocycles. The molecular weight excluding hydrogens is 322 g/mol. The number of hydrogen-bond acceptors (Lipinski definition) is 6. The fourth-order valence-electron chi connectivity index (χ4n) is 3.23. The molecule has 7 nitrogen and oxygen atoms in total. The Morgan fingerprint density at radius 3 is 2.84 bits per heavy atom. The van der Waals surface area contributed by atoms with Gasteiger partial charge in [0, 0.05) is 12.0 Å². The van der Waals surface area contributed by atoms with Gasteiger partial charge in [-0.15, -0.1) is 0 Å². The van der Waals surface area contributed by atoms with Gasteiger partial charge in [0.25, 0.3) is 5.91 Å². The summed E-state index contributed by atoms with van der Waals surface area (Å²) in [6.45, 7) is 3.94. The van der Waals surface area contributed by atoms with Crippen molar-refractivity contribution in [2.24, 2.45) is 5.92 Å². The standard InChI is InChI=1S/C18H17N3O4/c1-9-5-12-16(13(22)6-9)10(2)19-18(20-12)21-17(23)11-3-4-14-15(7-11)25-8-24-14/h3-4,7,9H,5-6,8H2,1-2H3,(H,19,20,21,23)/t9-/m1/s1. The molecule has 0 fully saturated rings. The van der Waals surface area contributed by atoms with Crippen LogP contribution in [0.4, 0.5) is 5.95 Å². The summed E-state index contributed by atoms with van der Waals surface area (Å²) in [4.78, 5) is 33.3. The molecule has 1 aromatic carbocycles. The van der Waals surface area contributed by atoms with Gasteiger partial charge in [0.15, 0.2) is 17.3 Å². The van der Waals surface area contributed by atoms with Gasteiger partial charge >= 0.3 is 0 Å². The van der Waals surface area contributed by atoms with E-state index >= 15 is 0 Å². The number of aryl methyl sites for hydroxylation is 1. The summed E-state index contributed by atoms with van der Waals surface area (Å²) in [5, 5.41) is 2.70. The van der Waals surface area contributed by atoms with E-state index in [4.69, 9.17) is 9.47 Å². The van der Waals surface area contributed by atoms with Crippen LogP contribution in [0.2, 0.25) is 0 Å². The lowest BCUT2D eigenvalue weighted by molar-refractivity contribution is 0.0950. The number of ketones is 1. The van der Waals surface area contributed by atoms with Crippen LogP contribution in [0.25, 0.3) is 0 Å². The Kier molecular flexibility index (Phi) is 3.63. The van der Waals surface area contributed by atoms with Crippen molar-refractivity contribution in [1.29, 1.82) is 0 Å². The van der Waals surface area contributed by atoms with Crippen LogP contribution in [-0.4, -0.2) is 28.5 Å². The Labute approximate surface area is 144 Å². The summed E-state index contributed by atoms with van der Waals surface area (Å²) >= 11 is 0. The van der Waals surface area contributed by atoms with E-state index in [-0.39, 0.29) is 30.3 Å². The Bertz CT molecular complexity index is 894. The van der Waals surface area contributed by atoms with Crippen molar-refractivity contribution in [3.05, 3.63) is 40.7 Å². The molecule has 7 heteroatoms. The van der Waals surface area contributed by atoms with Crippen molar-refractivity contribution in [2.75, 3.05) is 12.1 Å². The molecule has 1 amide bonds. The maximum atomic E-state index is 12.5. The van der Waals surface area contributed by atoms with Crippen LogP contribution in [-0.2, 0) is 6.42 Å². The zero-order chi connectivity index (χ0) is 17.6. The van der Waals surface area contributed by atoms with Gasteiger partial charge in [0.1, 0.15) is 0 Å². The summed E-state index contributed by atoms with van der Waals surface area (Å²) in [6, 6.07) is 4.96. The van der Waals surface area contributed by atoms with E-state index in [1.54, 1.807) is 25.1 Å². The fourth-order valence-corrected chi connectivity index (χ4v) is 3.23. The number of benzene rings is 1. The van der Waals surface area contributed by atoms with E-state index in [1.807, 2.05) is 6.92 Å². The molecule has 1 N–H and O–H groups in total. The molecule has 2 aliphatic rings. The lowest BCUT2D eigenvalue weighted by atomic mass is 9.86. The number of anilines is 1. The number of fused-ring (bicyclic) bond motifs is 2. The maximum absolute atomic E-state index is 12.5.